The Hall–Kier alpha value is -1.36. The van der Waals surface area contributed by atoms with Crippen molar-refractivity contribution in [3.63, 3.8) is 0 Å². The Labute approximate surface area is 95.4 Å². The maximum Gasteiger partial charge on any atom is 0.330 e. The van der Waals surface area contributed by atoms with E-state index in [4.69, 9.17) is 10.2 Å². The van der Waals surface area contributed by atoms with Gasteiger partial charge in [-0.05, 0) is 39.4 Å². The van der Waals surface area contributed by atoms with Gasteiger partial charge in [-0.25, -0.2) is 4.79 Å². The molecular weight excluding hydrogens is 210 g/mol. The molecule has 0 aromatic heterocycles. The predicted molar refractivity (Wildman–Crippen MR) is 60.4 cm³/mol. The van der Waals surface area contributed by atoms with Gasteiger partial charge in [-0.2, -0.15) is 0 Å². The first-order chi connectivity index (χ1) is 7.43. The van der Waals surface area contributed by atoms with Gasteiger partial charge in [0.15, 0.2) is 0 Å². The number of hydrogen-bond acceptors (Lipinski definition) is 3. The third-order valence-corrected chi connectivity index (χ3v) is 2.25. The van der Waals surface area contributed by atoms with E-state index >= 15 is 0 Å². The lowest BCUT2D eigenvalue weighted by atomic mass is 10.1. The van der Waals surface area contributed by atoms with Gasteiger partial charge in [-0.15, -0.1) is 0 Å². The highest BCUT2D eigenvalue weighted by atomic mass is 16.4. The summed E-state index contributed by atoms with van der Waals surface area (Å²) in [5, 5.41) is 17.0. The van der Waals surface area contributed by atoms with E-state index in [1.165, 1.54) is 0 Å². The molecule has 0 spiro atoms. The molecule has 2 N–H and O–H groups in total. The number of carboxylic acid groups (broad SMARTS) is 2. The van der Waals surface area contributed by atoms with Crippen molar-refractivity contribution in [3.8, 4) is 0 Å². The average molecular weight is 229 g/mol. The van der Waals surface area contributed by atoms with E-state index in [0.29, 0.717) is 19.4 Å². The highest BCUT2D eigenvalue weighted by Crippen LogP contribution is 2.03. The monoisotopic (exact) mass is 229 g/mol. The molecule has 92 valence electrons. The quantitative estimate of drug-likeness (QED) is 0.581. The molecule has 16 heavy (non-hydrogen) atoms. The Balaban J connectivity index is 3.50. The molecule has 0 rings (SSSR count). The lowest BCUT2D eigenvalue weighted by Crippen LogP contribution is -2.21. The van der Waals surface area contributed by atoms with Crippen LogP contribution in [0.4, 0.5) is 0 Å². The lowest BCUT2D eigenvalue weighted by Gasteiger charge is -2.15. The standard InChI is InChI=1S/C11H19NO4/c1-9(11(15)16)5-3-7-12(2)8-4-6-10(13)14/h1,3-8H2,2H3,(H,13,14)(H,15,16). The molecule has 5 heteroatoms. The van der Waals surface area contributed by atoms with Crippen LogP contribution in [-0.4, -0.2) is 47.2 Å². The number of hydrogen-bond donors (Lipinski definition) is 2. The summed E-state index contributed by atoms with van der Waals surface area (Å²) in [6.07, 6.45) is 1.99. The first kappa shape index (κ1) is 14.6. The highest BCUT2D eigenvalue weighted by molar-refractivity contribution is 5.85. The molecule has 5 nitrogen and oxygen atoms in total. The van der Waals surface area contributed by atoms with Crippen molar-refractivity contribution in [3.05, 3.63) is 12.2 Å². The zero-order valence-corrected chi connectivity index (χ0v) is 9.61. The van der Waals surface area contributed by atoms with Crippen LogP contribution in [0.5, 0.6) is 0 Å². The number of nitrogens with zero attached hydrogens (tertiary/aromatic N) is 1. The second kappa shape index (κ2) is 7.87. The van der Waals surface area contributed by atoms with Crippen molar-refractivity contribution in [1.82, 2.24) is 4.90 Å². The third kappa shape index (κ3) is 7.99. The van der Waals surface area contributed by atoms with Crippen LogP contribution in [0, 0.1) is 0 Å². The molecule has 0 bridgehead atoms. The van der Waals surface area contributed by atoms with Crippen LogP contribution < -0.4 is 0 Å². The summed E-state index contributed by atoms with van der Waals surface area (Å²) >= 11 is 0. The average Bonchev–Trinajstić information content (AvgIpc) is 2.16. The van der Waals surface area contributed by atoms with Crippen LogP contribution in [0.1, 0.15) is 25.7 Å². The van der Waals surface area contributed by atoms with Crippen LogP contribution in [-0.2, 0) is 9.59 Å². The molecule has 0 atom stereocenters. The number of aliphatic carboxylic acids is 2. The van der Waals surface area contributed by atoms with Crippen LogP contribution in [0.3, 0.4) is 0 Å². The van der Waals surface area contributed by atoms with Crippen molar-refractivity contribution >= 4 is 11.9 Å². The second-order valence-corrected chi connectivity index (χ2v) is 3.81. The summed E-state index contributed by atoms with van der Waals surface area (Å²) in [5.41, 5.74) is 0.221. The molecule has 0 aromatic carbocycles. The van der Waals surface area contributed by atoms with Crippen LogP contribution in [0.15, 0.2) is 12.2 Å². The number of rotatable bonds is 9. The summed E-state index contributed by atoms with van der Waals surface area (Å²) in [6, 6.07) is 0. The molecule has 0 unspecified atom stereocenters. The fourth-order valence-corrected chi connectivity index (χ4v) is 1.28. The lowest BCUT2D eigenvalue weighted by molar-refractivity contribution is -0.137. The predicted octanol–water partition coefficient (Wildman–Crippen LogP) is 1.20. The largest absolute Gasteiger partial charge is 0.481 e. The van der Waals surface area contributed by atoms with E-state index < -0.39 is 11.9 Å². The summed E-state index contributed by atoms with van der Waals surface area (Å²) in [7, 11) is 1.89. The molecule has 0 aromatic rings. The Morgan fingerprint density at radius 2 is 1.62 bits per heavy atom. The van der Waals surface area contributed by atoms with E-state index in [1.54, 1.807) is 0 Å². The maximum atomic E-state index is 10.4. The molecule has 0 aliphatic rings. The summed E-state index contributed by atoms with van der Waals surface area (Å²) in [5.74, 6) is -1.74. The Bertz CT molecular complexity index is 263. The highest BCUT2D eigenvalue weighted by Gasteiger charge is 2.05. The van der Waals surface area contributed by atoms with Gasteiger partial charge in [0.2, 0.25) is 0 Å². The zero-order valence-electron chi connectivity index (χ0n) is 9.61. The van der Waals surface area contributed by atoms with Gasteiger partial charge in [0.25, 0.3) is 0 Å². The topological polar surface area (TPSA) is 77.8 Å². The first-order valence-electron chi connectivity index (χ1n) is 5.25. The van der Waals surface area contributed by atoms with Gasteiger partial charge in [0, 0.05) is 12.0 Å². The SMILES string of the molecule is C=C(CCCN(C)CCCC(=O)O)C(=O)O. The summed E-state index contributed by atoms with van der Waals surface area (Å²) in [6.45, 7) is 4.91. The fourth-order valence-electron chi connectivity index (χ4n) is 1.28. The minimum Gasteiger partial charge on any atom is -0.481 e. The first-order valence-corrected chi connectivity index (χ1v) is 5.25. The van der Waals surface area contributed by atoms with Gasteiger partial charge >= 0.3 is 11.9 Å². The van der Waals surface area contributed by atoms with E-state index in [0.717, 1.165) is 13.0 Å². The molecule has 0 radical (unpaired) electrons. The molecule has 0 amide bonds. The van der Waals surface area contributed by atoms with Crippen LogP contribution in [0.25, 0.3) is 0 Å². The van der Waals surface area contributed by atoms with Crippen LogP contribution >= 0.6 is 0 Å². The molecule has 0 aliphatic heterocycles. The maximum absolute atomic E-state index is 10.4. The Kier molecular flexibility index (Phi) is 7.20. The summed E-state index contributed by atoms with van der Waals surface area (Å²) < 4.78 is 0. The van der Waals surface area contributed by atoms with E-state index in [9.17, 15) is 9.59 Å². The molecular formula is C11H19NO4. The minimum absolute atomic E-state index is 0.173. The van der Waals surface area contributed by atoms with E-state index in [2.05, 4.69) is 6.58 Å². The third-order valence-electron chi connectivity index (χ3n) is 2.25. The van der Waals surface area contributed by atoms with Gasteiger partial charge in [0.1, 0.15) is 0 Å². The Morgan fingerprint density at radius 3 is 2.06 bits per heavy atom. The number of carboxylic acids is 2. The normalized spacial score (nSPS) is 10.4. The summed E-state index contributed by atoms with van der Waals surface area (Å²) in [4.78, 5) is 22.7. The molecule has 0 heterocycles. The van der Waals surface area contributed by atoms with Crippen molar-refractivity contribution in [2.24, 2.45) is 0 Å². The van der Waals surface area contributed by atoms with E-state index in [-0.39, 0.29) is 12.0 Å². The molecule has 0 saturated heterocycles. The van der Waals surface area contributed by atoms with Gasteiger partial charge < -0.3 is 15.1 Å². The van der Waals surface area contributed by atoms with Gasteiger partial charge in [0.05, 0.1) is 0 Å². The van der Waals surface area contributed by atoms with Crippen molar-refractivity contribution < 1.29 is 19.8 Å². The molecule has 0 aliphatic carbocycles. The van der Waals surface area contributed by atoms with E-state index in [1.807, 2.05) is 11.9 Å². The molecule has 0 fully saturated rings. The van der Waals surface area contributed by atoms with Crippen molar-refractivity contribution in [1.29, 1.82) is 0 Å². The fraction of sp³-hybridized carbons (Fsp3) is 0.636. The molecule has 0 saturated carbocycles. The van der Waals surface area contributed by atoms with Crippen molar-refractivity contribution in [2.75, 3.05) is 20.1 Å². The van der Waals surface area contributed by atoms with Crippen LogP contribution in [0.2, 0.25) is 0 Å². The smallest absolute Gasteiger partial charge is 0.330 e. The second-order valence-electron chi connectivity index (χ2n) is 3.81. The number of carbonyl (C=O) groups is 2. The van der Waals surface area contributed by atoms with Gasteiger partial charge in [-0.3, -0.25) is 4.79 Å². The Morgan fingerprint density at radius 1 is 1.12 bits per heavy atom. The van der Waals surface area contributed by atoms with Gasteiger partial charge in [-0.1, -0.05) is 6.58 Å². The minimum atomic E-state index is -0.950. The van der Waals surface area contributed by atoms with Crippen molar-refractivity contribution in [2.45, 2.75) is 25.7 Å². The zero-order chi connectivity index (χ0) is 12.6.